The third-order valence-electron chi connectivity index (χ3n) is 4.09. The van der Waals surface area contributed by atoms with Gasteiger partial charge in [-0.3, -0.25) is 0 Å². The van der Waals surface area contributed by atoms with E-state index in [1.54, 1.807) is 12.1 Å². The number of hydrogen-bond acceptors (Lipinski definition) is 2. The number of nitrogens with zero attached hydrogens (tertiary/aromatic N) is 1. The fourth-order valence-electron chi connectivity index (χ4n) is 2.93. The van der Waals surface area contributed by atoms with Gasteiger partial charge in [0.1, 0.15) is 5.82 Å². The molecule has 1 fully saturated rings. The Labute approximate surface area is 116 Å². The summed E-state index contributed by atoms with van der Waals surface area (Å²) >= 11 is 0. The average molecular weight is 264 g/mol. The molecule has 1 aromatic carbocycles. The van der Waals surface area contributed by atoms with Gasteiger partial charge in [-0.2, -0.15) is 0 Å². The lowest BCUT2D eigenvalue weighted by atomic mass is 9.93. The molecule has 0 radical (unpaired) electrons. The Morgan fingerprint density at radius 1 is 1.42 bits per heavy atom. The first-order valence-electron chi connectivity index (χ1n) is 7.15. The molecule has 1 saturated heterocycles. The maximum Gasteiger partial charge on any atom is 0.123 e. The SMILES string of the molecule is CNC(CCN1CCC(C)(C)C1)c1cccc(F)c1. The number of halogens is 1. The van der Waals surface area contributed by atoms with Gasteiger partial charge in [0.25, 0.3) is 0 Å². The number of rotatable bonds is 5. The molecular weight excluding hydrogens is 239 g/mol. The van der Waals surface area contributed by atoms with Gasteiger partial charge < -0.3 is 10.2 Å². The Morgan fingerprint density at radius 2 is 2.21 bits per heavy atom. The van der Waals surface area contributed by atoms with Gasteiger partial charge in [0.2, 0.25) is 0 Å². The van der Waals surface area contributed by atoms with E-state index in [-0.39, 0.29) is 11.9 Å². The predicted octanol–water partition coefficient (Wildman–Crippen LogP) is 3.21. The zero-order chi connectivity index (χ0) is 13.9. The minimum atomic E-state index is -0.153. The molecule has 0 amide bonds. The van der Waals surface area contributed by atoms with Crippen molar-refractivity contribution in [1.82, 2.24) is 10.2 Å². The fraction of sp³-hybridized carbons (Fsp3) is 0.625. The molecule has 0 spiro atoms. The molecular formula is C16H25FN2. The smallest absolute Gasteiger partial charge is 0.123 e. The number of nitrogens with one attached hydrogen (secondary N) is 1. The van der Waals surface area contributed by atoms with E-state index in [4.69, 9.17) is 0 Å². The molecule has 106 valence electrons. The molecule has 0 aromatic heterocycles. The lowest BCUT2D eigenvalue weighted by Crippen LogP contribution is -2.28. The van der Waals surface area contributed by atoms with Crippen LogP contribution in [0, 0.1) is 11.2 Å². The van der Waals surface area contributed by atoms with E-state index in [9.17, 15) is 4.39 Å². The summed E-state index contributed by atoms with van der Waals surface area (Å²) in [4.78, 5) is 2.52. The summed E-state index contributed by atoms with van der Waals surface area (Å²) in [7, 11) is 1.95. The zero-order valence-electron chi connectivity index (χ0n) is 12.2. The summed E-state index contributed by atoms with van der Waals surface area (Å²) < 4.78 is 13.3. The van der Waals surface area contributed by atoms with Crippen LogP contribution in [0.2, 0.25) is 0 Å². The van der Waals surface area contributed by atoms with Crippen molar-refractivity contribution < 1.29 is 4.39 Å². The van der Waals surface area contributed by atoms with Gasteiger partial charge in [-0.15, -0.1) is 0 Å². The maximum atomic E-state index is 13.3. The predicted molar refractivity (Wildman–Crippen MR) is 77.7 cm³/mol. The van der Waals surface area contributed by atoms with Crippen molar-refractivity contribution in [2.24, 2.45) is 5.41 Å². The summed E-state index contributed by atoms with van der Waals surface area (Å²) in [6, 6.07) is 7.15. The first-order chi connectivity index (χ1) is 9.00. The second-order valence-corrected chi connectivity index (χ2v) is 6.38. The van der Waals surface area contributed by atoms with Crippen molar-refractivity contribution in [3.05, 3.63) is 35.6 Å². The molecule has 0 saturated carbocycles. The highest BCUT2D eigenvalue weighted by Gasteiger charge is 2.29. The van der Waals surface area contributed by atoms with E-state index in [2.05, 4.69) is 24.1 Å². The second-order valence-electron chi connectivity index (χ2n) is 6.38. The van der Waals surface area contributed by atoms with Crippen molar-refractivity contribution in [2.75, 3.05) is 26.7 Å². The summed E-state index contributed by atoms with van der Waals surface area (Å²) in [5.74, 6) is -0.153. The minimum absolute atomic E-state index is 0.153. The van der Waals surface area contributed by atoms with Crippen LogP contribution in [0.1, 0.15) is 38.3 Å². The summed E-state index contributed by atoms with van der Waals surface area (Å²) in [6.45, 7) is 8.09. The van der Waals surface area contributed by atoms with Crippen molar-refractivity contribution >= 4 is 0 Å². The van der Waals surface area contributed by atoms with Gasteiger partial charge >= 0.3 is 0 Å². The first kappa shape index (κ1) is 14.5. The normalized spacial score (nSPS) is 20.6. The topological polar surface area (TPSA) is 15.3 Å². The highest BCUT2D eigenvalue weighted by molar-refractivity contribution is 5.20. The van der Waals surface area contributed by atoms with E-state index < -0.39 is 0 Å². The highest BCUT2D eigenvalue weighted by atomic mass is 19.1. The molecule has 1 aliphatic rings. The Morgan fingerprint density at radius 3 is 2.79 bits per heavy atom. The number of hydrogen-bond donors (Lipinski definition) is 1. The Bertz CT molecular complexity index is 417. The van der Waals surface area contributed by atoms with E-state index in [1.165, 1.54) is 25.6 Å². The van der Waals surface area contributed by atoms with Crippen molar-refractivity contribution in [3.8, 4) is 0 Å². The third kappa shape index (κ3) is 4.02. The summed E-state index contributed by atoms with van der Waals surface area (Å²) in [6.07, 6.45) is 2.30. The molecule has 1 atom stereocenters. The van der Waals surface area contributed by atoms with Crippen LogP contribution in [0.5, 0.6) is 0 Å². The summed E-state index contributed by atoms with van der Waals surface area (Å²) in [5.41, 5.74) is 1.49. The van der Waals surface area contributed by atoms with Crippen LogP contribution in [-0.4, -0.2) is 31.6 Å². The summed E-state index contributed by atoms with van der Waals surface area (Å²) in [5, 5.41) is 3.30. The van der Waals surface area contributed by atoms with Crippen LogP contribution in [0.3, 0.4) is 0 Å². The van der Waals surface area contributed by atoms with E-state index >= 15 is 0 Å². The van der Waals surface area contributed by atoms with Crippen LogP contribution >= 0.6 is 0 Å². The second kappa shape index (κ2) is 6.02. The molecule has 1 aliphatic heterocycles. The largest absolute Gasteiger partial charge is 0.313 e. The van der Waals surface area contributed by atoms with Gasteiger partial charge in [-0.1, -0.05) is 26.0 Å². The molecule has 0 bridgehead atoms. The average Bonchev–Trinajstić information content (AvgIpc) is 2.70. The van der Waals surface area contributed by atoms with Gasteiger partial charge in [-0.25, -0.2) is 4.39 Å². The number of likely N-dealkylation sites (tertiary alicyclic amines) is 1. The van der Waals surface area contributed by atoms with E-state index in [1.807, 2.05) is 13.1 Å². The lowest BCUT2D eigenvalue weighted by molar-refractivity contribution is 0.276. The molecule has 1 aromatic rings. The molecule has 3 heteroatoms. The van der Waals surface area contributed by atoms with Crippen molar-refractivity contribution in [2.45, 2.75) is 32.7 Å². The van der Waals surface area contributed by atoms with Crippen LogP contribution in [-0.2, 0) is 0 Å². The van der Waals surface area contributed by atoms with Gasteiger partial charge in [0.05, 0.1) is 0 Å². The van der Waals surface area contributed by atoms with Crippen LogP contribution in [0.15, 0.2) is 24.3 Å². The Kier molecular flexibility index (Phi) is 4.58. The standard InChI is InChI=1S/C16H25FN2/c1-16(2)8-10-19(12-16)9-7-15(18-3)13-5-4-6-14(17)11-13/h4-6,11,15,18H,7-10,12H2,1-3H3. The molecule has 1 unspecified atom stereocenters. The van der Waals surface area contributed by atoms with Gasteiger partial charge in [0.15, 0.2) is 0 Å². The zero-order valence-corrected chi connectivity index (χ0v) is 12.2. The van der Waals surface area contributed by atoms with E-state index in [0.29, 0.717) is 5.41 Å². The Balaban J connectivity index is 1.90. The maximum absolute atomic E-state index is 13.3. The van der Waals surface area contributed by atoms with Crippen LogP contribution in [0.25, 0.3) is 0 Å². The van der Waals surface area contributed by atoms with Crippen molar-refractivity contribution in [1.29, 1.82) is 0 Å². The van der Waals surface area contributed by atoms with Crippen molar-refractivity contribution in [3.63, 3.8) is 0 Å². The van der Waals surface area contributed by atoms with Gasteiger partial charge in [-0.05, 0) is 56.1 Å². The molecule has 2 nitrogen and oxygen atoms in total. The first-order valence-corrected chi connectivity index (χ1v) is 7.15. The van der Waals surface area contributed by atoms with Gasteiger partial charge in [0, 0.05) is 12.6 Å². The lowest BCUT2D eigenvalue weighted by Gasteiger charge is -2.23. The van der Waals surface area contributed by atoms with E-state index in [0.717, 1.165) is 18.5 Å². The van der Waals surface area contributed by atoms with Crippen LogP contribution in [0.4, 0.5) is 4.39 Å². The quantitative estimate of drug-likeness (QED) is 0.878. The molecule has 0 aliphatic carbocycles. The molecule has 19 heavy (non-hydrogen) atoms. The third-order valence-corrected chi connectivity index (χ3v) is 4.09. The van der Waals surface area contributed by atoms with Crippen LogP contribution < -0.4 is 5.32 Å². The molecule has 1 heterocycles. The molecule has 2 rings (SSSR count). The fourth-order valence-corrected chi connectivity index (χ4v) is 2.93. The Hall–Kier alpha value is -0.930. The number of benzene rings is 1. The minimum Gasteiger partial charge on any atom is -0.313 e. The monoisotopic (exact) mass is 264 g/mol. The molecule has 1 N–H and O–H groups in total. The highest BCUT2D eigenvalue weighted by Crippen LogP contribution is 2.29.